The number of amides is 1. The molecule has 0 aliphatic rings. The summed E-state index contributed by atoms with van der Waals surface area (Å²) in [6.07, 6.45) is 3.13. The van der Waals surface area contributed by atoms with Crippen molar-refractivity contribution >= 4 is 46.4 Å². The van der Waals surface area contributed by atoms with Crippen LogP contribution < -0.4 is 5.32 Å². The molecule has 1 amide bonds. The fourth-order valence-corrected chi connectivity index (χ4v) is 1.89. The first kappa shape index (κ1) is 13.2. The number of rotatable bonds is 3. The Hall–Kier alpha value is -1.23. The summed E-state index contributed by atoms with van der Waals surface area (Å²) >= 11 is 17.6. The van der Waals surface area contributed by atoms with E-state index in [0.29, 0.717) is 15.7 Å². The number of benzene rings is 1. The van der Waals surface area contributed by atoms with Gasteiger partial charge in [0, 0.05) is 12.4 Å². The Bertz CT molecular complexity index is 583. The Labute approximate surface area is 118 Å². The summed E-state index contributed by atoms with van der Waals surface area (Å²) < 4.78 is 1.51. The van der Waals surface area contributed by atoms with Crippen molar-refractivity contribution in [2.45, 2.75) is 6.54 Å². The second kappa shape index (κ2) is 5.61. The summed E-state index contributed by atoms with van der Waals surface area (Å²) in [5.74, 6) is -0.265. The van der Waals surface area contributed by atoms with Crippen LogP contribution in [0.15, 0.2) is 30.6 Å². The Morgan fingerprint density at radius 1 is 1.33 bits per heavy atom. The van der Waals surface area contributed by atoms with E-state index in [-0.39, 0.29) is 17.7 Å². The number of imidazole rings is 1. The first-order valence-electron chi connectivity index (χ1n) is 4.98. The van der Waals surface area contributed by atoms with E-state index in [1.807, 2.05) is 0 Å². The van der Waals surface area contributed by atoms with Gasteiger partial charge in [-0.2, -0.15) is 0 Å². The van der Waals surface area contributed by atoms with Gasteiger partial charge in [-0.1, -0.05) is 29.3 Å². The van der Waals surface area contributed by atoms with Gasteiger partial charge in [-0.15, -0.1) is 0 Å². The largest absolute Gasteiger partial charge is 0.323 e. The number of anilines is 1. The smallest absolute Gasteiger partial charge is 0.244 e. The van der Waals surface area contributed by atoms with Gasteiger partial charge in [0.2, 0.25) is 11.2 Å². The van der Waals surface area contributed by atoms with Crippen molar-refractivity contribution < 1.29 is 4.79 Å². The zero-order chi connectivity index (χ0) is 13.1. The van der Waals surface area contributed by atoms with Gasteiger partial charge in [0.15, 0.2) is 0 Å². The summed E-state index contributed by atoms with van der Waals surface area (Å²) in [6.45, 7) is 0.0572. The highest BCUT2D eigenvalue weighted by Crippen LogP contribution is 2.29. The first-order valence-corrected chi connectivity index (χ1v) is 6.12. The molecule has 4 nitrogen and oxygen atoms in total. The van der Waals surface area contributed by atoms with Gasteiger partial charge in [-0.25, -0.2) is 4.98 Å². The van der Waals surface area contributed by atoms with Gasteiger partial charge >= 0.3 is 0 Å². The molecule has 0 saturated heterocycles. The highest BCUT2D eigenvalue weighted by Gasteiger charge is 2.10. The molecule has 0 aliphatic carbocycles. The molecule has 0 unspecified atom stereocenters. The second-order valence-electron chi connectivity index (χ2n) is 3.47. The summed E-state index contributed by atoms with van der Waals surface area (Å²) in [7, 11) is 0. The fourth-order valence-electron chi connectivity index (χ4n) is 1.37. The molecule has 18 heavy (non-hydrogen) atoms. The third kappa shape index (κ3) is 2.96. The maximum Gasteiger partial charge on any atom is 0.244 e. The lowest BCUT2D eigenvalue weighted by Crippen LogP contribution is -2.18. The van der Waals surface area contributed by atoms with Crippen molar-refractivity contribution in [3.8, 4) is 0 Å². The van der Waals surface area contributed by atoms with Gasteiger partial charge in [0.25, 0.3) is 0 Å². The zero-order valence-electron chi connectivity index (χ0n) is 9.03. The van der Waals surface area contributed by atoms with Crippen LogP contribution in [0, 0.1) is 0 Å². The lowest BCUT2D eigenvalue weighted by Gasteiger charge is -2.08. The molecule has 1 aromatic heterocycles. The quantitative estimate of drug-likeness (QED) is 0.943. The van der Waals surface area contributed by atoms with Gasteiger partial charge in [-0.05, 0) is 23.7 Å². The van der Waals surface area contributed by atoms with Crippen molar-refractivity contribution in [3.05, 3.63) is 45.9 Å². The highest BCUT2D eigenvalue weighted by atomic mass is 35.5. The maximum atomic E-state index is 11.8. The molecular weight excluding hydrogens is 296 g/mol. The van der Waals surface area contributed by atoms with Crippen LogP contribution >= 0.6 is 34.8 Å². The number of aromatic nitrogens is 2. The summed E-state index contributed by atoms with van der Waals surface area (Å²) in [5.41, 5.74) is 0.463. The Morgan fingerprint density at radius 3 is 2.78 bits per heavy atom. The van der Waals surface area contributed by atoms with Crippen molar-refractivity contribution in [2.24, 2.45) is 0 Å². The minimum absolute atomic E-state index is 0.0572. The van der Waals surface area contributed by atoms with E-state index < -0.39 is 0 Å². The number of carbonyl (C=O) groups is 1. The Kier molecular flexibility index (Phi) is 4.11. The molecule has 0 fully saturated rings. The SMILES string of the molecule is O=C(Cn1ccnc1Cl)Nc1cccc(Cl)c1Cl. The van der Waals surface area contributed by atoms with Crippen LogP contribution in [-0.4, -0.2) is 15.5 Å². The highest BCUT2D eigenvalue weighted by molar-refractivity contribution is 6.44. The van der Waals surface area contributed by atoms with Crippen LogP contribution in [-0.2, 0) is 11.3 Å². The molecule has 0 aliphatic heterocycles. The van der Waals surface area contributed by atoms with Crippen LogP contribution in [0.25, 0.3) is 0 Å². The van der Waals surface area contributed by atoms with Gasteiger partial charge in [0.1, 0.15) is 6.54 Å². The lowest BCUT2D eigenvalue weighted by atomic mass is 10.3. The molecule has 0 radical (unpaired) electrons. The normalized spacial score (nSPS) is 10.4. The Balaban J connectivity index is 2.08. The van der Waals surface area contributed by atoms with E-state index in [4.69, 9.17) is 34.8 Å². The lowest BCUT2D eigenvalue weighted by molar-refractivity contribution is -0.116. The van der Waals surface area contributed by atoms with E-state index >= 15 is 0 Å². The molecular formula is C11H8Cl3N3O. The Morgan fingerprint density at radius 2 is 2.11 bits per heavy atom. The molecule has 0 saturated carbocycles. The first-order chi connectivity index (χ1) is 8.58. The fraction of sp³-hybridized carbons (Fsp3) is 0.0909. The van der Waals surface area contributed by atoms with E-state index in [2.05, 4.69) is 10.3 Å². The molecule has 2 aromatic rings. The van der Waals surface area contributed by atoms with Crippen LogP contribution in [0.5, 0.6) is 0 Å². The van der Waals surface area contributed by atoms with E-state index in [9.17, 15) is 4.79 Å². The van der Waals surface area contributed by atoms with Gasteiger partial charge in [-0.3, -0.25) is 4.79 Å². The van der Waals surface area contributed by atoms with Crippen molar-refractivity contribution in [3.63, 3.8) is 0 Å². The molecule has 1 heterocycles. The van der Waals surface area contributed by atoms with Crippen LogP contribution in [0.2, 0.25) is 15.3 Å². The average molecular weight is 305 g/mol. The van der Waals surface area contributed by atoms with Crippen LogP contribution in [0.4, 0.5) is 5.69 Å². The number of nitrogens with one attached hydrogen (secondary N) is 1. The predicted molar refractivity (Wildman–Crippen MR) is 72.3 cm³/mol. The van der Waals surface area contributed by atoms with Gasteiger partial charge in [0.05, 0.1) is 15.7 Å². The minimum atomic E-state index is -0.265. The predicted octanol–water partition coefficient (Wildman–Crippen LogP) is 3.48. The number of nitrogens with zero attached hydrogens (tertiary/aromatic N) is 2. The van der Waals surface area contributed by atoms with E-state index in [0.717, 1.165) is 0 Å². The van der Waals surface area contributed by atoms with Crippen molar-refractivity contribution in [1.82, 2.24) is 9.55 Å². The molecule has 1 aromatic carbocycles. The van der Waals surface area contributed by atoms with E-state index in [1.54, 1.807) is 24.4 Å². The monoisotopic (exact) mass is 303 g/mol. The summed E-state index contributed by atoms with van der Waals surface area (Å²) in [4.78, 5) is 15.6. The number of hydrogen-bond donors (Lipinski definition) is 1. The summed E-state index contributed by atoms with van der Waals surface area (Å²) in [5, 5.41) is 3.60. The third-order valence-corrected chi connectivity index (χ3v) is 3.34. The summed E-state index contributed by atoms with van der Waals surface area (Å²) in [6, 6.07) is 5.02. The van der Waals surface area contributed by atoms with Crippen molar-refractivity contribution in [2.75, 3.05) is 5.32 Å². The molecule has 0 spiro atoms. The molecule has 94 valence electrons. The number of halogens is 3. The topological polar surface area (TPSA) is 46.9 Å². The standard InChI is InChI=1S/C11H8Cl3N3O/c12-7-2-1-3-8(10(7)13)16-9(18)6-17-5-4-15-11(17)14/h1-5H,6H2,(H,16,18). The van der Waals surface area contributed by atoms with Crippen LogP contribution in [0.1, 0.15) is 0 Å². The number of carbonyl (C=O) groups excluding carboxylic acids is 1. The van der Waals surface area contributed by atoms with Crippen molar-refractivity contribution in [1.29, 1.82) is 0 Å². The molecule has 7 heteroatoms. The minimum Gasteiger partial charge on any atom is -0.323 e. The molecule has 1 N–H and O–H groups in total. The van der Waals surface area contributed by atoms with E-state index in [1.165, 1.54) is 10.8 Å². The maximum absolute atomic E-state index is 11.8. The van der Waals surface area contributed by atoms with Gasteiger partial charge < -0.3 is 9.88 Å². The third-order valence-electron chi connectivity index (χ3n) is 2.20. The molecule has 0 bridgehead atoms. The second-order valence-corrected chi connectivity index (χ2v) is 4.60. The molecule has 2 rings (SSSR count). The zero-order valence-corrected chi connectivity index (χ0v) is 11.3. The average Bonchev–Trinajstić information content (AvgIpc) is 2.71. The molecule has 0 atom stereocenters. The number of hydrogen-bond acceptors (Lipinski definition) is 2. The van der Waals surface area contributed by atoms with Crippen LogP contribution in [0.3, 0.4) is 0 Å².